The van der Waals surface area contributed by atoms with Gasteiger partial charge in [0.25, 0.3) is 0 Å². The molecule has 2 aliphatic heterocycles. The second-order valence-electron chi connectivity index (χ2n) is 6.98. The Morgan fingerprint density at radius 2 is 2.13 bits per heavy atom. The lowest BCUT2D eigenvalue weighted by molar-refractivity contribution is 0.0274. The van der Waals surface area contributed by atoms with E-state index < -0.39 is 18.0 Å². The number of amides is 1. The topological polar surface area (TPSA) is 96.8 Å². The van der Waals surface area contributed by atoms with Crippen molar-refractivity contribution < 1.29 is 19.0 Å². The minimum atomic E-state index is -0.604. The van der Waals surface area contributed by atoms with Gasteiger partial charge in [0.1, 0.15) is 17.7 Å². The maximum absolute atomic E-state index is 14.8. The molecule has 2 N–H and O–H groups in total. The molecule has 4 rings (SSSR count). The van der Waals surface area contributed by atoms with Crippen LogP contribution in [0.1, 0.15) is 0 Å². The molecule has 0 saturated carbocycles. The summed E-state index contributed by atoms with van der Waals surface area (Å²) in [6, 6.07) is 8.05. The number of aliphatic hydroxyl groups is 1. The lowest BCUT2D eigenvalue weighted by Crippen LogP contribution is -2.44. The van der Waals surface area contributed by atoms with Crippen LogP contribution in [0.25, 0.3) is 11.1 Å². The summed E-state index contributed by atoms with van der Waals surface area (Å²) in [6.07, 6.45) is 0.376. The van der Waals surface area contributed by atoms with Crippen LogP contribution < -0.4 is 15.2 Å². The number of guanidine groups is 1. The van der Waals surface area contributed by atoms with Crippen molar-refractivity contribution in [2.75, 3.05) is 44.1 Å². The molecule has 158 valence electrons. The molecule has 2 aliphatic rings. The highest BCUT2D eigenvalue weighted by atomic mass is 19.1. The van der Waals surface area contributed by atoms with Crippen LogP contribution in [0.5, 0.6) is 0 Å². The van der Waals surface area contributed by atoms with Crippen molar-refractivity contribution >= 4 is 23.6 Å². The van der Waals surface area contributed by atoms with Gasteiger partial charge in [-0.05, 0) is 30.3 Å². The molecule has 1 fully saturated rings. The fourth-order valence-electron chi connectivity index (χ4n) is 3.17. The maximum atomic E-state index is 14.8. The normalized spacial score (nSPS) is 19.0. The molecule has 0 radical (unpaired) electrons. The first-order valence-electron chi connectivity index (χ1n) is 9.28. The average Bonchev–Trinajstić information content (AvgIpc) is 3.29. The van der Waals surface area contributed by atoms with Gasteiger partial charge in [0.15, 0.2) is 0 Å². The molecule has 0 aliphatic carbocycles. The lowest BCUT2D eigenvalue weighted by atomic mass is 10.1. The van der Waals surface area contributed by atoms with Crippen LogP contribution in [-0.2, 0) is 4.74 Å². The zero-order valence-electron chi connectivity index (χ0n) is 16.8. The van der Waals surface area contributed by atoms with Crippen molar-refractivity contribution in [2.24, 2.45) is 5.10 Å². The van der Waals surface area contributed by atoms with Crippen molar-refractivity contribution in [1.82, 2.24) is 20.6 Å². The van der Waals surface area contributed by atoms with Gasteiger partial charge in [-0.25, -0.2) is 19.3 Å². The fraction of sp³-hybridized carbons (Fsp3) is 0.316. The SMILES string of the molecule is CN(C1=NN(C)N(C)N1)c1ccc(-c2ccc(N3C[C@H](CO)OC3=O)cc2F)cn1. The first-order valence-corrected chi connectivity index (χ1v) is 9.28. The largest absolute Gasteiger partial charge is 0.441 e. The van der Waals surface area contributed by atoms with Crippen LogP contribution in [0.3, 0.4) is 0 Å². The number of ether oxygens (including phenoxy) is 1. The summed E-state index contributed by atoms with van der Waals surface area (Å²) in [7, 11) is 5.46. The minimum absolute atomic E-state index is 0.180. The lowest BCUT2D eigenvalue weighted by Gasteiger charge is -2.19. The Morgan fingerprint density at radius 3 is 2.70 bits per heavy atom. The molecule has 0 bridgehead atoms. The number of aliphatic hydroxyl groups excluding tert-OH is 1. The van der Waals surface area contributed by atoms with Gasteiger partial charge in [0, 0.05) is 38.5 Å². The minimum Gasteiger partial charge on any atom is -0.441 e. The van der Waals surface area contributed by atoms with Gasteiger partial charge < -0.3 is 9.84 Å². The summed E-state index contributed by atoms with van der Waals surface area (Å²) in [6.45, 7) is -0.0945. The number of carbonyl (C=O) groups excluding carboxylic acids is 1. The standard InChI is InChI=1S/C19H22FN7O3/c1-24(18-22-25(2)26(3)23-18)17-7-4-12(9-21-17)15-6-5-13(8-16(15)20)27-10-14(11-28)30-19(27)29/h4-9,14,28H,10-11H2,1-3H3,(H,22,23)/t14-/m1/s1. The summed E-state index contributed by atoms with van der Waals surface area (Å²) in [5, 5.41) is 16.9. The Hall–Kier alpha value is -3.44. The van der Waals surface area contributed by atoms with Crippen molar-refractivity contribution in [3.05, 3.63) is 42.3 Å². The first kappa shape index (κ1) is 19.9. The summed E-state index contributed by atoms with van der Waals surface area (Å²) in [5.41, 5.74) is 4.42. The Morgan fingerprint density at radius 1 is 1.33 bits per heavy atom. The van der Waals surface area contributed by atoms with Crippen LogP contribution in [-0.4, -0.2) is 72.8 Å². The number of pyridine rings is 1. The van der Waals surface area contributed by atoms with E-state index in [4.69, 9.17) is 9.84 Å². The molecule has 3 heterocycles. The van der Waals surface area contributed by atoms with Gasteiger partial charge in [-0.3, -0.25) is 15.2 Å². The van der Waals surface area contributed by atoms with E-state index in [2.05, 4.69) is 15.5 Å². The maximum Gasteiger partial charge on any atom is 0.414 e. The number of nitrogens with one attached hydrogen (secondary N) is 1. The summed E-state index contributed by atoms with van der Waals surface area (Å²) in [4.78, 5) is 19.4. The predicted octanol–water partition coefficient (Wildman–Crippen LogP) is 1.21. The van der Waals surface area contributed by atoms with Gasteiger partial charge in [-0.1, -0.05) is 0 Å². The molecule has 0 spiro atoms. The van der Waals surface area contributed by atoms with Crippen molar-refractivity contribution in [2.45, 2.75) is 6.10 Å². The number of benzene rings is 1. The molecule has 0 unspecified atom stereocenters. The Kier molecular flexibility index (Phi) is 5.14. The molecule has 1 amide bonds. The third-order valence-corrected chi connectivity index (χ3v) is 5.00. The molecular formula is C19H22FN7O3. The van der Waals surface area contributed by atoms with Gasteiger partial charge in [-0.15, -0.1) is 10.2 Å². The number of rotatable bonds is 4. The summed E-state index contributed by atoms with van der Waals surface area (Å²) < 4.78 is 19.8. The van der Waals surface area contributed by atoms with Gasteiger partial charge in [-0.2, -0.15) is 0 Å². The molecule has 11 heteroatoms. The molecule has 1 aromatic heterocycles. The first-order chi connectivity index (χ1) is 14.4. The second kappa shape index (κ2) is 7.76. The van der Waals surface area contributed by atoms with Gasteiger partial charge in [0.05, 0.1) is 18.8 Å². The molecule has 2 aromatic rings. The summed E-state index contributed by atoms with van der Waals surface area (Å²) in [5.74, 6) is 0.760. The van der Waals surface area contributed by atoms with Gasteiger partial charge >= 0.3 is 6.09 Å². The quantitative estimate of drug-likeness (QED) is 0.769. The fourth-order valence-corrected chi connectivity index (χ4v) is 3.17. The highest BCUT2D eigenvalue weighted by Crippen LogP contribution is 2.29. The highest BCUT2D eigenvalue weighted by Gasteiger charge is 2.32. The van der Waals surface area contributed by atoms with Crippen LogP contribution in [0.15, 0.2) is 41.6 Å². The average molecular weight is 415 g/mol. The zero-order chi connectivity index (χ0) is 21.4. The Bertz CT molecular complexity index is 985. The number of aromatic nitrogens is 1. The number of anilines is 2. The second-order valence-corrected chi connectivity index (χ2v) is 6.98. The van der Waals surface area contributed by atoms with E-state index in [0.717, 1.165) is 0 Å². The molecule has 1 saturated heterocycles. The highest BCUT2D eigenvalue weighted by molar-refractivity contribution is 5.95. The Balaban J connectivity index is 1.52. The number of hydrazine groups is 2. The third-order valence-electron chi connectivity index (χ3n) is 5.00. The molecular weight excluding hydrogens is 393 g/mol. The molecule has 1 atom stereocenters. The van der Waals surface area contributed by atoms with Gasteiger partial charge in [0.2, 0.25) is 5.96 Å². The van der Waals surface area contributed by atoms with Crippen LogP contribution >= 0.6 is 0 Å². The molecule has 30 heavy (non-hydrogen) atoms. The monoisotopic (exact) mass is 415 g/mol. The van der Waals surface area contributed by atoms with E-state index in [-0.39, 0.29) is 13.2 Å². The van der Waals surface area contributed by atoms with E-state index in [9.17, 15) is 9.18 Å². The van der Waals surface area contributed by atoms with E-state index >= 15 is 0 Å². The van der Waals surface area contributed by atoms with Crippen LogP contribution in [0.4, 0.5) is 20.7 Å². The number of hydrazone groups is 1. The summed E-state index contributed by atoms with van der Waals surface area (Å²) >= 11 is 0. The molecule has 10 nitrogen and oxygen atoms in total. The van der Waals surface area contributed by atoms with Crippen molar-refractivity contribution in [3.63, 3.8) is 0 Å². The van der Waals surface area contributed by atoms with Crippen molar-refractivity contribution in [1.29, 1.82) is 0 Å². The number of nitrogens with zero attached hydrogens (tertiary/aromatic N) is 6. The number of hydrogen-bond acceptors (Lipinski definition) is 9. The number of hydrogen-bond donors (Lipinski definition) is 2. The number of cyclic esters (lactones) is 1. The van der Waals surface area contributed by atoms with Crippen molar-refractivity contribution in [3.8, 4) is 11.1 Å². The Labute approximate surface area is 172 Å². The van der Waals surface area contributed by atoms with E-state index in [0.29, 0.717) is 28.6 Å². The predicted molar refractivity (Wildman–Crippen MR) is 109 cm³/mol. The number of carbonyl (C=O) groups is 1. The third kappa shape index (κ3) is 3.60. The van der Waals surface area contributed by atoms with Crippen LogP contribution in [0, 0.1) is 5.82 Å². The zero-order valence-corrected chi connectivity index (χ0v) is 16.8. The van der Waals surface area contributed by atoms with E-state index in [1.54, 1.807) is 45.6 Å². The van der Waals surface area contributed by atoms with Crippen LogP contribution in [0.2, 0.25) is 0 Å². The number of halogens is 1. The van der Waals surface area contributed by atoms with E-state index in [1.165, 1.54) is 11.0 Å². The smallest absolute Gasteiger partial charge is 0.414 e. The molecule has 1 aromatic carbocycles. The van der Waals surface area contributed by atoms with E-state index in [1.807, 2.05) is 21.1 Å².